The summed E-state index contributed by atoms with van der Waals surface area (Å²) in [6.07, 6.45) is 0.640. The van der Waals surface area contributed by atoms with Gasteiger partial charge >= 0.3 is 0 Å². The van der Waals surface area contributed by atoms with Crippen molar-refractivity contribution in [1.82, 2.24) is 14.7 Å². The predicted octanol–water partition coefficient (Wildman–Crippen LogP) is 0.850. The van der Waals surface area contributed by atoms with E-state index in [0.717, 1.165) is 0 Å². The van der Waals surface area contributed by atoms with E-state index in [1.807, 2.05) is 19.0 Å². The molecule has 0 aliphatic rings. The Morgan fingerprint density at radius 2 is 2.06 bits per heavy atom. The summed E-state index contributed by atoms with van der Waals surface area (Å²) in [6, 6.07) is 12.2. The smallest absolute Gasteiger partial charge is 0.269 e. The minimum atomic E-state index is -1.74. The zero-order valence-corrected chi connectivity index (χ0v) is 17.4. The lowest BCUT2D eigenvalue weighted by Crippen LogP contribution is -2.33. The van der Waals surface area contributed by atoms with Gasteiger partial charge in [-0.3, -0.25) is 9.59 Å². The number of aldehydes is 1. The molecule has 8 heteroatoms. The maximum absolute atomic E-state index is 11.9. The molecule has 1 heterocycles. The molecule has 160 valence electrons. The van der Waals surface area contributed by atoms with Crippen molar-refractivity contribution in [2.24, 2.45) is 5.73 Å². The summed E-state index contributed by atoms with van der Waals surface area (Å²) in [5.41, 5.74) is 6.33. The largest absolute Gasteiger partial charge is 0.392 e. The van der Waals surface area contributed by atoms with Gasteiger partial charge in [0.25, 0.3) is 5.91 Å². The Bertz CT molecular complexity index is 1190. The Hall–Kier alpha value is -3.51. The highest BCUT2D eigenvalue weighted by Gasteiger charge is 2.23. The third-order valence-corrected chi connectivity index (χ3v) is 4.81. The van der Waals surface area contributed by atoms with Crippen molar-refractivity contribution in [1.29, 1.82) is 0 Å². The summed E-state index contributed by atoms with van der Waals surface area (Å²) in [4.78, 5) is 25.1. The van der Waals surface area contributed by atoms with Gasteiger partial charge in [0.1, 0.15) is 0 Å². The van der Waals surface area contributed by atoms with Crippen LogP contribution in [0, 0.1) is 11.8 Å². The monoisotopic (exact) mass is 420 g/mol. The quantitative estimate of drug-likeness (QED) is 0.385. The summed E-state index contributed by atoms with van der Waals surface area (Å²) in [6.45, 7) is 0.340. The van der Waals surface area contributed by atoms with Crippen LogP contribution >= 0.6 is 0 Å². The maximum Gasteiger partial charge on any atom is 0.269 e. The number of benzene rings is 2. The minimum absolute atomic E-state index is 0.0980. The van der Waals surface area contributed by atoms with Gasteiger partial charge in [0.2, 0.25) is 0 Å². The van der Waals surface area contributed by atoms with Crippen LogP contribution in [-0.2, 0) is 11.4 Å². The number of carbonyl (C=O) groups is 2. The first-order chi connectivity index (χ1) is 14.8. The molecule has 0 bridgehead atoms. The van der Waals surface area contributed by atoms with Crippen molar-refractivity contribution in [3.05, 3.63) is 59.3 Å². The number of amides is 1. The van der Waals surface area contributed by atoms with E-state index >= 15 is 0 Å². The lowest BCUT2D eigenvalue weighted by Gasteiger charge is -2.17. The number of fused-ring (bicyclic) bond motifs is 1. The first kappa shape index (κ1) is 22.2. The fourth-order valence-electron chi connectivity index (χ4n) is 3.08. The summed E-state index contributed by atoms with van der Waals surface area (Å²) in [7, 11) is 3.70. The van der Waals surface area contributed by atoms with Gasteiger partial charge in [-0.1, -0.05) is 24.0 Å². The third-order valence-electron chi connectivity index (χ3n) is 4.81. The maximum atomic E-state index is 11.9. The van der Waals surface area contributed by atoms with Crippen LogP contribution in [0.25, 0.3) is 16.6 Å². The molecule has 3 aromatic rings. The molecule has 4 N–H and O–H groups in total. The van der Waals surface area contributed by atoms with Crippen LogP contribution in [0.3, 0.4) is 0 Å². The molecule has 2 aromatic carbocycles. The van der Waals surface area contributed by atoms with Crippen LogP contribution in [0.15, 0.2) is 42.5 Å². The number of hydrogen-bond donors (Lipinski definition) is 3. The molecule has 0 aliphatic carbocycles. The van der Waals surface area contributed by atoms with Crippen LogP contribution in [0.1, 0.15) is 28.0 Å². The van der Waals surface area contributed by atoms with E-state index in [-0.39, 0.29) is 18.7 Å². The van der Waals surface area contributed by atoms with Crippen LogP contribution in [0.5, 0.6) is 0 Å². The van der Waals surface area contributed by atoms with Crippen LogP contribution < -0.4 is 5.73 Å². The highest BCUT2D eigenvalue weighted by molar-refractivity contribution is 6.04. The van der Waals surface area contributed by atoms with Gasteiger partial charge in [-0.05, 0) is 50.0 Å². The molecule has 0 saturated carbocycles. The highest BCUT2D eigenvalue weighted by Crippen LogP contribution is 2.24. The SMILES string of the molecule is CN(C)CC[C@@](O)(C#Cc1cccc(-n2nc(C(N)=O)c3cc(CO)ccc32)c1)C=O. The fourth-order valence-corrected chi connectivity index (χ4v) is 3.08. The first-order valence-corrected chi connectivity index (χ1v) is 9.65. The number of aliphatic hydroxyl groups excluding tert-OH is 1. The van der Waals surface area contributed by atoms with Gasteiger partial charge in [0.05, 0.1) is 17.8 Å². The lowest BCUT2D eigenvalue weighted by molar-refractivity contribution is -0.119. The topological polar surface area (TPSA) is 122 Å². The predicted molar refractivity (Wildman–Crippen MR) is 117 cm³/mol. The van der Waals surface area contributed by atoms with E-state index in [9.17, 15) is 19.8 Å². The Kier molecular flexibility index (Phi) is 6.51. The molecule has 1 atom stereocenters. The Balaban J connectivity index is 2.02. The fraction of sp³-hybridized carbons (Fsp3) is 0.261. The second-order valence-electron chi connectivity index (χ2n) is 7.53. The molecule has 1 aromatic heterocycles. The highest BCUT2D eigenvalue weighted by atomic mass is 16.3. The van der Waals surface area contributed by atoms with Gasteiger partial charge in [0.15, 0.2) is 17.6 Å². The number of rotatable bonds is 7. The third kappa shape index (κ3) is 4.98. The molecule has 1 amide bonds. The normalized spacial score (nSPS) is 12.9. The second-order valence-corrected chi connectivity index (χ2v) is 7.53. The van der Waals surface area contributed by atoms with Gasteiger partial charge in [0, 0.05) is 23.9 Å². The van der Waals surface area contributed by atoms with E-state index in [1.165, 1.54) is 0 Å². The summed E-state index contributed by atoms with van der Waals surface area (Å²) in [5, 5.41) is 24.7. The van der Waals surface area contributed by atoms with E-state index in [1.54, 1.807) is 47.1 Å². The van der Waals surface area contributed by atoms with Gasteiger partial charge in [-0.2, -0.15) is 5.10 Å². The van der Waals surface area contributed by atoms with Crippen LogP contribution in [0.2, 0.25) is 0 Å². The Labute approximate surface area is 179 Å². The Morgan fingerprint density at radius 1 is 1.29 bits per heavy atom. The van der Waals surface area contributed by atoms with E-state index in [4.69, 9.17) is 5.73 Å². The van der Waals surface area contributed by atoms with Crippen LogP contribution in [-0.4, -0.2) is 63.3 Å². The molecule has 0 aliphatic heterocycles. The number of hydrogen-bond acceptors (Lipinski definition) is 6. The molecule has 31 heavy (non-hydrogen) atoms. The standard InChI is InChI=1S/C23H24N4O4/c1-26(2)11-10-23(31,15-29)9-8-16-4-3-5-18(12-16)27-20-7-6-17(14-28)13-19(20)21(25-27)22(24)30/h3-7,12-13,15,28,31H,10-11,14H2,1-2H3,(H2,24,30)/t23-/m0/s1. The van der Waals surface area contributed by atoms with Crippen molar-refractivity contribution < 1.29 is 19.8 Å². The van der Waals surface area contributed by atoms with Gasteiger partial charge in [-0.25, -0.2) is 4.68 Å². The van der Waals surface area contributed by atoms with Crippen molar-refractivity contribution in [2.75, 3.05) is 20.6 Å². The number of carbonyl (C=O) groups excluding carboxylic acids is 2. The number of primary amides is 1. The van der Waals surface area contributed by atoms with Crippen LogP contribution in [0.4, 0.5) is 0 Å². The zero-order chi connectivity index (χ0) is 22.6. The minimum Gasteiger partial charge on any atom is -0.392 e. The molecule has 0 spiro atoms. The summed E-state index contributed by atoms with van der Waals surface area (Å²) >= 11 is 0. The number of nitrogens with zero attached hydrogens (tertiary/aromatic N) is 3. The molecular weight excluding hydrogens is 396 g/mol. The zero-order valence-electron chi connectivity index (χ0n) is 17.4. The molecule has 0 fully saturated rings. The summed E-state index contributed by atoms with van der Waals surface area (Å²) in [5.74, 6) is 4.83. The average Bonchev–Trinajstić information content (AvgIpc) is 3.15. The number of aliphatic hydroxyl groups is 2. The van der Waals surface area contributed by atoms with Gasteiger partial charge < -0.3 is 20.8 Å². The first-order valence-electron chi connectivity index (χ1n) is 9.65. The van der Waals surface area contributed by atoms with E-state index < -0.39 is 11.5 Å². The van der Waals surface area contributed by atoms with E-state index in [0.29, 0.717) is 40.5 Å². The molecule has 0 unspecified atom stereocenters. The second kappa shape index (κ2) is 9.10. The van der Waals surface area contributed by atoms with Crippen molar-refractivity contribution in [2.45, 2.75) is 18.6 Å². The number of nitrogens with two attached hydrogens (primary N) is 1. The van der Waals surface area contributed by atoms with Crippen molar-refractivity contribution in [3.63, 3.8) is 0 Å². The summed E-state index contributed by atoms with van der Waals surface area (Å²) < 4.78 is 1.57. The molecule has 0 saturated heterocycles. The lowest BCUT2D eigenvalue weighted by atomic mass is 10.0. The molecule has 3 rings (SSSR count). The van der Waals surface area contributed by atoms with Crippen molar-refractivity contribution >= 4 is 23.1 Å². The average molecular weight is 420 g/mol. The molecule has 0 radical (unpaired) electrons. The Morgan fingerprint density at radius 3 is 2.71 bits per heavy atom. The van der Waals surface area contributed by atoms with Crippen molar-refractivity contribution in [3.8, 4) is 17.5 Å². The molecular formula is C23H24N4O4. The molecule has 8 nitrogen and oxygen atoms in total. The number of aromatic nitrogens is 2. The van der Waals surface area contributed by atoms with Gasteiger partial charge in [-0.15, -0.1) is 0 Å². The van der Waals surface area contributed by atoms with E-state index in [2.05, 4.69) is 16.9 Å².